The summed E-state index contributed by atoms with van der Waals surface area (Å²) in [6.07, 6.45) is 28.3. The van der Waals surface area contributed by atoms with Crippen LogP contribution in [0.15, 0.2) is 36.7 Å². The van der Waals surface area contributed by atoms with Gasteiger partial charge < -0.3 is 8.80 Å². The fourth-order valence-electron chi connectivity index (χ4n) is 21.3. The van der Waals surface area contributed by atoms with Crippen molar-refractivity contribution in [3.8, 4) is 0 Å². The molecule has 0 spiro atoms. The molecule has 6 aromatic heterocycles. The highest BCUT2D eigenvalue weighted by Crippen LogP contribution is 2.65. The number of hydrogen-bond acceptors (Lipinski definition) is 2. The summed E-state index contributed by atoms with van der Waals surface area (Å²) in [6, 6.07) is 10.8. The highest BCUT2D eigenvalue weighted by molar-refractivity contribution is 6.46. The summed E-state index contributed by atoms with van der Waals surface area (Å²) in [7, 11) is 0. The van der Waals surface area contributed by atoms with Crippen molar-refractivity contribution in [2.24, 2.45) is 35.5 Å². The summed E-state index contributed by atoms with van der Waals surface area (Å²) in [6.45, 7) is 10.1. The Labute approximate surface area is 393 Å². The standard InChI is InChI=1S/C63H64N4/c1-62(2)9-10-63(3,4)61-57(62)52-45(27-65-61)67-44-26-64-58-39-24-32-13-33(25-39)23-38(22-32)48(58)51(44)55-53-49-42(7-5-40-34-14-28-11-29(15-34)19-36(18-28)46(40)49)66-43-8-6-41-35-16-30-12-31(17-35)21-37(20-30)47(41)50(43)54(59(53)66)56(52)60(55)67/h5-8,26-39H,9-25H2,1-4H3. The van der Waals surface area contributed by atoms with Crippen LogP contribution < -0.4 is 0 Å². The van der Waals surface area contributed by atoms with Gasteiger partial charge in [-0.1, -0.05) is 39.8 Å². The Morgan fingerprint density at radius 1 is 0.388 bits per heavy atom. The SMILES string of the molecule is CC1(C)CCC(C)(C)c2c1ncc1c2c2c3c4c5c(ccc4n4c6ccc7c(c6c(c6c8c9c(ncc8n1c62)C1CC2CC(C1)CC9C2)c34)C1CC2CC(CC7C2)C1)C1CC2CC(C1)CC5C2. The lowest BCUT2D eigenvalue weighted by Gasteiger charge is -2.41. The fourth-order valence-corrected chi connectivity index (χ4v) is 21.3. The minimum Gasteiger partial charge on any atom is -0.308 e. The zero-order valence-electron chi connectivity index (χ0n) is 40.2. The van der Waals surface area contributed by atoms with E-state index in [1.165, 1.54) is 154 Å². The quantitative estimate of drug-likeness (QED) is 0.152. The average Bonchev–Trinajstić information content (AvgIpc) is 3.93. The summed E-state index contributed by atoms with van der Waals surface area (Å²) in [5.41, 5.74) is 22.1. The Morgan fingerprint density at radius 2 is 0.791 bits per heavy atom. The molecular weight excluding hydrogens is 813 g/mol. The molecule has 0 N–H and O–H groups in total. The van der Waals surface area contributed by atoms with Gasteiger partial charge in [0, 0.05) is 60.1 Å². The van der Waals surface area contributed by atoms with Crippen LogP contribution >= 0.6 is 0 Å². The first kappa shape index (κ1) is 36.5. The zero-order valence-corrected chi connectivity index (χ0v) is 40.2. The third-order valence-electron chi connectivity index (χ3n) is 23.2. The average molecular weight is 877 g/mol. The van der Waals surface area contributed by atoms with E-state index in [0.717, 1.165) is 41.4 Å². The van der Waals surface area contributed by atoms with Crippen molar-refractivity contribution in [2.75, 3.05) is 0 Å². The second-order valence-electron chi connectivity index (χ2n) is 27.5. The van der Waals surface area contributed by atoms with Crippen LogP contribution in [0.4, 0.5) is 0 Å². The molecule has 9 aromatic rings. The summed E-state index contributed by atoms with van der Waals surface area (Å²) in [5, 5.41) is 12.9. The van der Waals surface area contributed by atoms with Crippen LogP contribution in [0.5, 0.6) is 0 Å². The molecule has 4 heteroatoms. The lowest BCUT2D eigenvalue weighted by Crippen LogP contribution is -2.35. The Kier molecular flexibility index (Phi) is 6.23. The molecule has 12 bridgehead atoms. The highest BCUT2D eigenvalue weighted by atomic mass is 15.0. The van der Waals surface area contributed by atoms with Gasteiger partial charge in [-0.2, -0.15) is 0 Å². The molecule has 336 valence electrons. The topological polar surface area (TPSA) is 34.6 Å². The van der Waals surface area contributed by atoms with Gasteiger partial charge in [-0.3, -0.25) is 9.97 Å². The van der Waals surface area contributed by atoms with E-state index >= 15 is 0 Å². The van der Waals surface area contributed by atoms with Gasteiger partial charge in [-0.05, 0) is 225 Å². The Morgan fingerprint density at radius 3 is 1.33 bits per heavy atom. The van der Waals surface area contributed by atoms with Gasteiger partial charge in [0.2, 0.25) is 0 Å². The Balaban J connectivity index is 1.11. The summed E-state index contributed by atoms with van der Waals surface area (Å²) < 4.78 is 5.76. The van der Waals surface area contributed by atoms with Gasteiger partial charge >= 0.3 is 0 Å². The number of hydrogen-bond donors (Lipinski definition) is 0. The van der Waals surface area contributed by atoms with Gasteiger partial charge in [0.15, 0.2) is 0 Å². The predicted molar refractivity (Wildman–Crippen MR) is 273 cm³/mol. The number of fused-ring (bicyclic) bond motifs is 16. The van der Waals surface area contributed by atoms with E-state index in [1.54, 1.807) is 76.6 Å². The largest absolute Gasteiger partial charge is 0.308 e. The third kappa shape index (κ3) is 4.11. The van der Waals surface area contributed by atoms with E-state index in [1.807, 2.05) is 0 Å². The number of nitrogens with zero attached hydrogens (tertiary/aromatic N) is 4. The molecule has 13 aliphatic carbocycles. The first-order chi connectivity index (χ1) is 32.6. The fraction of sp³-hybridized carbons (Fsp3) is 0.556. The predicted octanol–water partition coefficient (Wildman–Crippen LogP) is 16.3. The zero-order chi connectivity index (χ0) is 43.5. The third-order valence-corrected chi connectivity index (χ3v) is 23.2. The minimum atomic E-state index is 0.0136. The van der Waals surface area contributed by atoms with Gasteiger partial charge in [0.05, 0.1) is 51.2 Å². The van der Waals surface area contributed by atoms with Crippen LogP contribution in [0.2, 0.25) is 0 Å². The maximum atomic E-state index is 5.77. The molecule has 3 aromatic carbocycles. The number of benzene rings is 3. The number of rotatable bonds is 0. The van der Waals surface area contributed by atoms with Crippen LogP contribution in [0.25, 0.3) is 76.2 Å². The molecule has 4 nitrogen and oxygen atoms in total. The Bertz CT molecular complexity index is 3760. The molecular formula is C63H64N4. The van der Waals surface area contributed by atoms with E-state index in [9.17, 15) is 0 Å². The molecule has 0 aliphatic heterocycles. The monoisotopic (exact) mass is 877 g/mol. The van der Waals surface area contributed by atoms with Crippen LogP contribution in [0.3, 0.4) is 0 Å². The lowest BCUT2D eigenvalue weighted by molar-refractivity contribution is 0.165. The molecule has 67 heavy (non-hydrogen) atoms. The van der Waals surface area contributed by atoms with Crippen LogP contribution in [-0.2, 0) is 10.8 Å². The van der Waals surface area contributed by atoms with E-state index in [-0.39, 0.29) is 10.8 Å². The second-order valence-corrected chi connectivity index (χ2v) is 27.5. The molecule has 6 heterocycles. The van der Waals surface area contributed by atoms with Crippen molar-refractivity contribution >= 4 is 76.2 Å². The van der Waals surface area contributed by atoms with Gasteiger partial charge in [0.25, 0.3) is 0 Å². The highest BCUT2D eigenvalue weighted by Gasteiger charge is 2.49. The summed E-state index contributed by atoms with van der Waals surface area (Å²) in [5.74, 6) is 9.28. The number of pyridine rings is 2. The molecule has 0 amide bonds. The van der Waals surface area contributed by atoms with Crippen LogP contribution in [0.1, 0.15) is 217 Å². The first-order valence-corrected chi connectivity index (χ1v) is 27.9. The summed E-state index contributed by atoms with van der Waals surface area (Å²) in [4.78, 5) is 11.5. The van der Waals surface area contributed by atoms with Crippen molar-refractivity contribution < 1.29 is 0 Å². The smallest absolute Gasteiger partial charge is 0.0729 e. The maximum absolute atomic E-state index is 5.77. The van der Waals surface area contributed by atoms with E-state index in [4.69, 9.17) is 9.97 Å². The van der Waals surface area contributed by atoms with Gasteiger partial charge in [0.1, 0.15) is 0 Å². The number of aromatic nitrogens is 4. The normalized spacial score (nSPS) is 35.9. The second kappa shape index (κ2) is 11.4. The van der Waals surface area contributed by atoms with Crippen molar-refractivity contribution in [3.05, 3.63) is 81.4 Å². The van der Waals surface area contributed by atoms with Gasteiger partial charge in [-0.15, -0.1) is 0 Å². The molecule has 13 aliphatic rings. The van der Waals surface area contributed by atoms with E-state index in [0.29, 0.717) is 29.6 Å². The molecule has 6 fully saturated rings. The van der Waals surface area contributed by atoms with Crippen LogP contribution in [0, 0.1) is 35.5 Å². The maximum Gasteiger partial charge on any atom is 0.0729 e. The first-order valence-electron chi connectivity index (χ1n) is 27.9. The molecule has 22 rings (SSSR count). The van der Waals surface area contributed by atoms with Gasteiger partial charge in [-0.25, -0.2) is 0 Å². The van der Waals surface area contributed by atoms with E-state index < -0.39 is 0 Å². The van der Waals surface area contributed by atoms with Crippen molar-refractivity contribution in [1.29, 1.82) is 0 Å². The molecule has 6 saturated carbocycles. The molecule has 0 saturated heterocycles. The van der Waals surface area contributed by atoms with Crippen LogP contribution in [-0.4, -0.2) is 18.8 Å². The Hall–Kier alpha value is -4.44. The van der Waals surface area contributed by atoms with Crippen molar-refractivity contribution in [3.63, 3.8) is 0 Å². The molecule has 0 radical (unpaired) electrons. The minimum absolute atomic E-state index is 0.0136. The van der Waals surface area contributed by atoms with Crippen molar-refractivity contribution in [2.45, 2.75) is 183 Å². The molecule has 6 atom stereocenters. The van der Waals surface area contributed by atoms with Crippen molar-refractivity contribution in [1.82, 2.24) is 18.8 Å². The molecule has 6 unspecified atom stereocenters. The lowest BCUT2D eigenvalue weighted by atomic mass is 9.64. The summed E-state index contributed by atoms with van der Waals surface area (Å²) >= 11 is 0. The van der Waals surface area contributed by atoms with E-state index in [2.05, 4.69) is 73.2 Å².